The molecule has 2 aliphatic carbocycles. The molecule has 6 heteroatoms. The first-order valence-corrected chi connectivity index (χ1v) is 14.5. The average Bonchev–Trinajstić information content (AvgIpc) is 3.39. The van der Waals surface area contributed by atoms with E-state index in [1.165, 1.54) is 16.2 Å². The molecule has 1 atom stereocenters. The molecule has 42 heavy (non-hydrogen) atoms. The molecule has 202 valence electrons. The fourth-order valence-corrected chi connectivity index (χ4v) is 6.55. The maximum absolute atomic E-state index is 10.00. The summed E-state index contributed by atoms with van der Waals surface area (Å²) < 4.78 is 2.28. The summed E-state index contributed by atoms with van der Waals surface area (Å²) in [7, 11) is -1.39. The number of hydrogen-bond acceptors (Lipinski definition) is 4. The van der Waals surface area contributed by atoms with E-state index in [9.17, 15) is 10.0 Å². The minimum absolute atomic E-state index is 0.340. The van der Waals surface area contributed by atoms with Gasteiger partial charge in [0.15, 0.2) is 5.82 Å². The van der Waals surface area contributed by atoms with E-state index >= 15 is 0 Å². The zero-order chi connectivity index (χ0) is 28.2. The van der Waals surface area contributed by atoms with Crippen LogP contribution in [0.25, 0.3) is 62.2 Å². The van der Waals surface area contributed by atoms with Crippen molar-refractivity contribution in [3.05, 3.63) is 126 Å². The second kappa shape index (κ2) is 9.95. The normalized spacial score (nSPS) is 15.6. The summed E-state index contributed by atoms with van der Waals surface area (Å²) >= 11 is 0. The lowest BCUT2D eigenvalue weighted by molar-refractivity contribution is 0.393. The summed E-state index contributed by atoms with van der Waals surface area (Å²) in [4.78, 5) is 10.1. The Balaban J connectivity index is 1.27. The van der Waals surface area contributed by atoms with Crippen LogP contribution in [0, 0.1) is 0 Å². The fourth-order valence-electron chi connectivity index (χ4n) is 6.55. The average molecular weight is 545 g/mol. The first-order chi connectivity index (χ1) is 20.7. The van der Waals surface area contributed by atoms with Gasteiger partial charge in [-0.3, -0.25) is 0 Å². The molecular weight excluding hydrogens is 517 g/mol. The van der Waals surface area contributed by atoms with Crippen LogP contribution >= 0.6 is 0 Å². The third-order valence-electron chi connectivity index (χ3n) is 8.61. The molecule has 2 aliphatic rings. The van der Waals surface area contributed by atoms with Gasteiger partial charge in [-0.25, -0.2) is 9.97 Å². The number of benzene rings is 4. The van der Waals surface area contributed by atoms with E-state index in [1.54, 1.807) is 0 Å². The molecule has 0 radical (unpaired) electrons. The van der Waals surface area contributed by atoms with Crippen LogP contribution in [0.5, 0.6) is 0 Å². The largest absolute Gasteiger partial charge is 0.459 e. The third kappa shape index (κ3) is 4.03. The number of allylic oxidation sites excluding steroid dienone is 2. The summed E-state index contributed by atoms with van der Waals surface area (Å²) in [5.41, 5.74) is 9.61. The summed E-state index contributed by atoms with van der Waals surface area (Å²) in [6, 6.07) is 31.6. The highest BCUT2D eigenvalue weighted by molar-refractivity contribution is 6.44. The zero-order valence-electron chi connectivity index (χ0n) is 23.0. The highest BCUT2D eigenvalue weighted by Crippen LogP contribution is 2.41. The summed E-state index contributed by atoms with van der Waals surface area (Å²) in [5.74, 6) is 0.396. The Morgan fingerprint density at radius 2 is 1.60 bits per heavy atom. The quantitative estimate of drug-likeness (QED) is 0.229. The van der Waals surface area contributed by atoms with Crippen LogP contribution in [-0.2, 0) is 12.8 Å². The van der Waals surface area contributed by atoms with E-state index in [0.29, 0.717) is 6.42 Å². The Kier molecular flexibility index (Phi) is 5.91. The molecule has 1 unspecified atom stereocenters. The predicted molar refractivity (Wildman–Crippen MR) is 171 cm³/mol. The van der Waals surface area contributed by atoms with E-state index in [1.807, 2.05) is 30.4 Å². The lowest BCUT2D eigenvalue weighted by Gasteiger charge is -2.18. The molecule has 0 spiro atoms. The molecule has 4 aromatic carbocycles. The van der Waals surface area contributed by atoms with Crippen LogP contribution < -0.4 is 0 Å². The number of hydrogen-bond donors (Lipinski definition) is 2. The minimum atomic E-state index is -1.39. The number of aromatic nitrogens is 3. The molecule has 0 saturated carbocycles. The van der Waals surface area contributed by atoms with Crippen LogP contribution in [0.2, 0.25) is 5.82 Å². The second-order valence-corrected chi connectivity index (χ2v) is 11.1. The zero-order valence-corrected chi connectivity index (χ0v) is 23.0. The summed E-state index contributed by atoms with van der Waals surface area (Å²) in [6.45, 7) is 0. The fraction of sp³-hybridized carbons (Fsp3) is 0.111. The second-order valence-electron chi connectivity index (χ2n) is 11.1. The third-order valence-corrected chi connectivity index (χ3v) is 8.61. The van der Waals surface area contributed by atoms with Crippen molar-refractivity contribution in [1.82, 2.24) is 14.5 Å². The highest BCUT2D eigenvalue weighted by Gasteiger charge is 2.29. The maximum atomic E-state index is 10.00. The van der Waals surface area contributed by atoms with Gasteiger partial charge >= 0.3 is 7.12 Å². The molecule has 2 heterocycles. The van der Waals surface area contributed by atoms with Crippen molar-refractivity contribution in [2.75, 3.05) is 0 Å². The molecule has 2 aromatic heterocycles. The lowest BCUT2D eigenvalue weighted by Crippen LogP contribution is -2.22. The number of nitrogens with zero attached hydrogens (tertiary/aromatic N) is 3. The number of fused-ring (bicyclic) bond motifs is 6. The van der Waals surface area contributed by atoms with Gasteiger partial charge < -0.3 is 14.6 Å². The lowest BCUT2D eigenvalue weighted by atomic mass is 9.67. The van der Waals surface area contributed by atoms with Crippen molar-refractivity contribution < 1.29 is 10.0 Å². The Morgan fingerprint density at radius 1 is 0.786 bits per heavy atom. The molecular formula is C36H28BN3O2. The van der Waals surface area contributed by atoms with Crippen LogP contribution in [0.3, 0.4) is 0 Å². The topological polar surface area (TPSA) is 71.2 Å². The van der Waals surface area contributed by atoms with Gasteiger partial charge in [0.25, 0.3) is 0 Å². The number of aryl methyl sites for hydroxylation is 1. The van der Waals surface area contributed by atoms with Crippen molar-refractivity contribution in [2.24, 2.45) is 0 Å². The Morgan fingerprint density at radius 3 is 2.43 bits per heavy atom. The predicted octanol–water partition coefficient (Wildman–Crippen LogP) is 7.28. The first kappa shape index (κ1) is 25.0. The molecule has 0 amide bonds. The van der Waals surface area contributed by atoms with Gasteiger partial charge in [-0.05, 0) is 72.0 Å². The van der Waals surface area contributed by atoms with Crippen molar-refractivity contribution in [3.8, 4) is 28.3 Å². The van der Waals surface area contributed by atoms with Gasteiger partial charge in [0.05, 0.1) is 16.9 Å². The van der Waals surface area contributed by atoms with Gasteiger partial charge in [-0.2, -0.15) is 0 Å². The van der Waals surface area contributed by atoms with Gasteiger partial charge in [-0.15, -0.1) is 0 Å². The Bertz CT molecular complexity index is 2040. The molecule has 6 aromatic rings. The summed E-state index contributed by atoms with van der Waals surface area (Å²) in [5, 5.41) is 23.5. The maximum Gasteiger partial charge on any atom is 0.459 e. The Labute approximate surface area is 244 Å². The van der Waals surface area contributed by atoms with Crippen LogP contribution in [-0.4, -0.2) is 31.7 Å². The SMILES string of the molecule is OB(O)C1C=Cc2c(c3c4ccccc4ccc3n2-c2ccc(-c3nc4c(c(-c5ccccc5)n3)C=CCC4)cc2)C1. The molecule has 5 nitrogen and oxygen atoms in total. The van der Waals surface area contributed by atoms with E-state index in [-0.39, 0.29) is 5.82 Å². The Hall–Kier alpha value is -4.78. The van der Waals surface area contributed by atoms with E-state index in [4.69, 9.17) is 9.97 Å². The molecule has 0 saturated heterocycles. The van der Waals surface area contributed by atoms with Crippen LogP contribution in [0.1, 0.15) is 28.9 Å². The van der Waals surface area contributed by atoms with Crippen LogP contribution in [0.15, 0.2) is 103 Å². The van der Waals surface area contributed by atoms with E-state index < -0.39 is 7.12 Å². The van der Waals surface area contributed by atoms with Gasteiger partial charge in [0, 0.05) is 39.3 Å². The molecule has 2 N–H and O–H groups in total. The van der Waals surface area contributed by atoms with E-state index in [0.717, 1.165) is 69.2 Å². The summed E-state index contributed by atoms with van der Waals surface area (Å²) in [6.07, 6.45) is 10.8. The van der Waals surface area contributed by atoms with Gasteiger partial charge in [-0.1, -0.05) is 78.9 Å². The van der Waals surface area contributed by atoms with Crippen molar-refractivity contribution >= 4 is 40.9 Å². The molecule has 0 aliphatic heterocycles. The van der Waals surface area contributed by atoms with Crippen molar-refractivity contribution in [1.29, 1.82) is 0 Å². The van der Waals surface area contributed by atoms with Crippen molar-refractivity contribution in [2.45, 2.75) is 25.1 Å². The van der Waals surface area contributed by atoms with Crippen LogP contribution in [0.4, 0.5) is 0 Å². The van der Waals surface area contributed by atoms with E-state index in [2.05, 4.69) is 89.5 Å². The first-order valence-electron chi connectivity index (χ1n) is 14.5. The molecule has 0 bridgehead atoms. The monoisotopic (exact) mass is 545 g/mol. The molecule has 8 rings (SSSR count). The van der Waals surface area contributed by atoms with Gasteiger partial charge in [0.2, 0.25) is 0 Å². The smallest absolute Gasteiger partial charge is 0.427 e. The molecule has 0 fully saturated rings. The van der Waals surface area contributed by atoms with Gasteiger partial charge in [0.1, 0.15) is 0 Å². The minimum Gasteiger partial charge on any atom is -0.427 e. The standard InChI is InChI=1S/C36H28BN3O2/c41-37(42)26-17-21-32-30(22-26)34-28-11-5-4-8-23(28)16-20-33(34)40(32)27-18-14-25(15-19-27)36-38-31-13-7-6-12-29(31)35(39-36)24-9-2-1-3-10-24/h1-6,8-12,14-21,26,41-42H,7,13,22H2. The highest BCUT2D eigenvalue weighted by atomic mass is 16.4. The van der Waals surface area contributed by atoms with Crippen molar-refractivity contribution in [3.63, 3.8) is 0 Å². The number of rotatable bonds is 4.